The van der Waals surface area contributed by atoms with Crippen molar-refractivity contribution in [3.63, 3.8) is 0 Å². The molecule has 3 N–H and O–H groups in total. The van der Waals surface area contributed by atoms with E-state index in [0.29, 0.717) is 5.76 Å². The Labute approximate surface area is 108 Å². The number of primary amides is 1. The number of aromatic nitrogens is 2. The molecule has 0 aromatic carbocycles. The summed E-state index contributed by atoms with van der Waals surface area (Å²) in [5, 5.41) is 6.38. The first-order valence-electron chi connectivity index (χ1n) is 5.42. The van der Waals surface area contributed by atoms with Crippen LogP contribution < -0.4 is 11.1 Å². The molecule has 2 rings (SSSR count). The van der Waals surface area contributed by atoms with E-state index in [0.717, 1.165) is 0 Å². The fraction of sp³-hybridized carbons (Fsp3) is 0.0833. The third-order valence-electron chi connectivity index (χ3n) is 2.37. The van der Waals surface area contributed by atoms with Crippen LogP contribution in [0.3, 0.4) is 0 Å². The van der Waals surface area contributed by atoms with Crippen molar-refractivity contribution in [2.24, 2.45) is 12.8 Å². The van der Waals surface area contributed by atoms with Crippen LogP contribution in [0.25, 0.3) is 6.08 Å². The molecule has 0 spiro atoms. The highest BCUT2D eigenvalue weighted by molar-refractivity contribution is 6.06. The van der Waals surface area contributed by atoms with Gasteiger partial charge < -0.3 is 15.5 Å². The van der Waals surface area contributed by atoms with E-state index >= 15 is 0 Å². The molecule has 2 aromatic rings. The summed E-state index contributed by atoms with van der Waals surface area (Å²) in [4.78, 5) is 22.9. The Bertz CT molecular complexity index is 625. The lowest BCUT2D eigenvalue weighted by atomic mass is 10.3. The van der Waals surface area contributed by atoms with Gasteiger partial charge in [-0.25, -0.2) is 0 Å². The van der Waals surface area contributed by atoms with E-state index in [4.69, 9.17) is 10.2 Å². The normalized spacial score (nSPS) is 10.8. The first-order chi connectivity index (χ1) is 9.08. The lowest BCUT2D eigenvalue weighted by molar-refractivity contribution is -0.111. The van der Waals surface area contributed by atoms with Gasteiger partial charge in [-0.1, -0.05) is 0 Å². The zero-order chi connectivity index (χ0) is 13.8. The number of carbonyl (C=O) groups excluding carboxylic acids is 2. The van der Waals surface area contributed by atoms with Gasteiger partial charge >= 0.3 is 0 Å². The van der Waals surface area contributed by atoms with Crippen molar-refractivity contribution in [3.8, 4) is 0 Å². The van der Waals surface area contributed by atoms with Crippen LogP contribution >= 0.6 is 0 Å². The second-order valence-electron chi connectivity index (χ2n) is 3.73. The van der Waals surface area contributed by atoms with Crippen molar-refractivity contribution in [1.29, 1.82) is 0 Å². The number of carbonyl (C=O) groups is 2. The maximum Gasteiger partial charge on any atom is 0.269 e. The number of furan rings is 1. The minimum Gasteiger partial charge on any atom is -0.465 e. The third-order valence-corrected chi connectivity index (χ3v) is 2.37. The summed E-state index contributed by atoms with van der Waals surface area (Å²) >= 11 is 0. The molecule has 7 heteroatoms. The molecule has 0 unspecified atom stereocenters. The molecule has 0 saturated carbocycles. The SMILES string of the molecule is Cn1ncc(NC(=O)C=Cc2ccco2)c1C(N)=O. The quantitative estimate of drug-likeness (QED) is 0.792. The van der Waals surface area contributed by atoms with Crippen molar-refractivity contribution in [1.82, 2.24) is 9.78 Å². The number of nitrogens with one attached hydrogen (secondary N) is 1. The van der Waals surface area contributed by atoms with Gasteiger partial charge in [-0.2, -0.15) is 5.10 Å². The first-order valence-corrected chi connectivity index (χ1v) is 5.42. The molecule has 7 nitrogen and oxygen atoms in total. The predicted molar refractivity (Wildman–Crippen MR) is 68.1 cm³/mol. The molecule has 98 valence electrons. The highest BCUT2D eigenvalue weighted by Crippen LogP contribution is 2.13. The highest BCUT2D eigenvalue weighted by Gasteiger charge is 2.14. The Morgan fingerprint density at radius 2 is 2.32 bits per heavy atom. The lowest BCUT2D eigenvalue weighted by Crippen LogP contribution is -2.19. The molecule has 0 aliphatic heterocycles. The first kappa shape index (κ1) is 12.6. The summed E-state index contributed by atoms with van der Waals surface area (Å²) in [7, 11) is 1.56. The van der Waals surface area contributed by atoms with Crippen molar-refractivity contribution in [3.05, 3.63) is 42.1 Å². The van der Waals surface area contributed by atoms with E-state index in [1.54, 1.807) is 19.2 Å². The number of hydrogen-bond acceptors (Lipinski definition) is 4. The van der Waals surface area contributed by atoms with Crippen LogP contribution in [-0.2, 0) is 11.8 Å². The summed E-state index contributed by atoms with van der Waals surface area (Å²) in [5.41, 5.74) is 5.61. The lowest BCUT2D eigenvalue weighted by Gasteiger charge is -2.02. The Hall–Kier alpha value is -2.83. The Morgan fingerprint density at radius 3 is 2.95 bits per heavy atom. The smallest absolute Gasteiger partial charge is 0.269 e. The van der Waals surface area contributed by atoms with E-state index < -0.39 is 11.8 Å². The zero-order valence-electron chi connectivity index (χ0n) is 10.2. The van der Waals surface area contributed by atoms with E-state index in [1.807, 2.05) is 0 Å². The molecule has 2 heterocycles. The summed E-state index contributed by atoms with van der Waals surface area (Å²) in [6.07, 6.45) is 5.66. The van der Waals surface area contributed by atoms with Crippen LogP contribution in [0.1, 0.15) is 16.2 Å². The number of anilines is 1. The average Bonchev–Trinajstić information content (AvgIpc) is 2.96. The number of rotatable bonds is 4. The van der Waals surface area contributed by atoms with Crippen LogP contribution in [0, 0.1) is 0 Å². The number of aryl methyl sites for hydroxylation is 1. The maximum atomic E-state index is 11.7. The van der Waals surface area contributed by atoms with E-state index in [1.165, 1.54) is 29.3 Å². The van der Waals surface area contributed by atoms with Crippen LogP contribution in [-0.4, -0.2) is 21.6 Å². The van der Waals surface area contributed by atoms with Crippen molar-refractivity contribution in [2.45, 2.75) is 0 Å². The Kier molecular flexibility index (Phi) is 3.46. The average molecular weight is 260 g/mol. The molecule has 0 atom stereocenters. The van der Waals surface area contributed by atoms with Gasteiger partial charge in [-0.05, 0) is 18.2 Å². The summed E-state index contributed by atoms with van der Waals surface area (Å²) in [6, 6.07) is 3.42. The molecule has 0 aliphatic carbocycles. The molecule has 2 aromatic heterocycles. The topological polar surface area (TPSA) is 103 Å². The highest BCUT2D eigenvalue weighted by atomic mass is 16.3. The Balaban J connectivity index is 2.09. The predicted octanol–water partition coefficient (Wildman–Crippen LogP) is 0.764. The second kappa shape index (κ2) is 5.21. The van der Waals surface area contributed by atoms with Gasteiger partial charge in [0.2, 0.25) is 5.91 Å². The summed E-state index contributed by atoms with van der Waals surface area (Å²) < 4.78 is 6.34. The van der Waals surface area contributed by atoms with Gasteiger partial charge in [-0.3, -0.25) is 14.3 Å². The Morgan fingerprint density at radius 1 is 1.53 bits per heavy atom. The van der Waals surface area contributed by atoms with Gasteiger partial charge in [0, 0.05) is 13.1 Å². The second-order valence-corrected chi connectivity index (χ2v) is 3.73. The minimum absolute atomic E-state index is 0.139. The number of nitrogens with zero attached hydrogens (tertiary/aromatic N) is 2. The zero-order valence-corrected chi connectivity index (χ0v) is 10.2. The van der Waals surface area contributed by atoms with E-state index in [2.05, 4.69) is 10.4 Å². The van der Waals surface area contributed by atoms with Gasteiger partial charge in [0.25, 0.3) is 5.91 Å². The van der Waals surface area contributed by atoms with Crippen LogP contribution in [0.2, 0.25) is 0 Å². The molecule has 0 fully saturated rings. The van der Waals surface area contributed by atoms with Gasteiger partial charge in [0.1, 0.15) is 11.5 Å². The van der Waals surface area contributed by atoms with E-state index in [9.17, 15) is 9.59 Å². The molecule has 0 radical (unpaired) electrons. The van der Waals surface area contributed by atoms with Crippen molar-refractivity contribution >= 4 is 23.6 Å². The van der Waals surface area contributed by atoms with Crippen LogP contribution in [0.15, 0.2) is 35.1 Å². The molecule has 0 aliphatic rings. The molecule has 19 heavy (non-hydrogen) atoms. The molecular weight excluding hydrogens is 248 g/mol. The van der Waals surface area contributed by atoms with Gasteiger partial charge in [0.15, 0.2) is 0 Å². The van der Waals surface area contributed by atoms with E-state index in [-0.39, 0.29) is 11.4 Å². The molecular formula is C12H12N4O3. The van der Waals surface area contributed by atoms with Crippen molar-refractivity contribution < 1.29 is 14.0 Å². The van der Waals surface area contributed by atoms with Gasteiger partial charge in [0.05, 0.1) is 18.1 Å². The molecule has 0 saturated heterocycles. The third kappa shape index (κ3) is 2.89. The monoisotopic (exact) mass is 260 g/mol. The number of nitrogens with two attached hydrogens (primary N) is 1. The van der Waals surface area contributed by atoms with Crippen molar-refractivity contribution in [2.75, 3.05) is 5.32 Å². The van der Waals surface area contributed by atoms with Crippen LogP contribution in [0.5, 0.6) is 0 Å². The number of amides is 2. The van der Waals surface area contributed by atoms with Gasteiger partial charge in [-0.15, -0.1) is 0 Å². The minimum atomic E-state index is -0.662. The fourth-order valence-corrected chi connectivity index (χ4v) is 1.54. The summed E-state index contributed by atoms with van der Waals surface area (Å²) in [5.74, 6) is -0.520. The standard InChI is InChI=1S/C12H12N4O3/c1-16-11(12(13)18)9(7-14-16)15-10(17)5-4-8-3-2-6-19-8/h2-7H,1H3,(H2,13,18)(H,15,17). The largest absolute Gasteiger partial charge is 0.465 e. The molecule has 2 amide bonds. The van der Waals surface area contributed by atoms with Crippen LogP contribution in [0.4, 0.5) is 5.69 Å². The number of hydrogen-bond donors (Lipinski definition) is 2. The maximum absolute atomic E-state index is 11.7. The summed E-state index contributed by atoms with van der Waals surface area (Å²) in [6.45, 7) is 0. The fourth-order valence-electron chi connectivity index (χ4n) is 1.54. The molecule has 0 bridgehead atoms.